The largest absolute Gasteiger partial charge is 0.480 e. The van der Waals surface area contributed by atoms with E-state index in [0.717, 1.165) is 44.5 Å². The third kappa shape index (κ3) is 8.43. The van der Waals surface area contributed by atoms with Gasteiger partial charge in [0.15, 0.2) is 0 Å². The van der Waals surface area contributed by atoms with Crippen LogP contribution in [0.5, 0.6) is 0 Å². The van der Waals surface area contributed by atoms with Gasteiger partial charge in [-0.1, -0.05) is 97.1 Å². The van der Waals surface area contributed by atoms with Crippen molar-refractivity contribution in [2.24, 2.45) is 0 Å². The lowest BCUT2D eigenvalue weighted by atomic mass is 9.98. The molecule has 2 atom stereocenters. The quantitative estimate of drug-likeness (QED) is 0.125. The Bertz CT molecular complexity index is 1630. The van der Waals surface area contributed by atoms with E-state index >= 15 is 0 Å². The van der Waals surface area contributed by atoms with Crippen LogP contribution in [0.3, 0.4) is 0 Å². The second-order valence-electron chi connectivity index (χ2n) is 11.6. The maximum absolute atomic E-state index is 12.0. The fraction of sp³-hybridized carbons (Fsp3) is 0.263. The lowest BCUT2D eigenvalue weighted by Gasteiger charge is -2.17. The highest BCUT2D eigenvalue weighted by molar-refractivity contribution is 7.98. The maximum atomic E-state index is 12.0. The normalized spacial score (nSPS) is 13.6. The Morgan fingerprint density at radius 2 is 0.840 bits per heavy atom. The van der Waals surface area contributed by atoms with E-state index < -0.39 is 36.2 Å². The van der Waals surface area contributed by atoms with E-state index in [9.17, 15) is 19.2 Å². The molecule has 10 nitrogen and oxygen atoms in total. The number of thioether (sulfide) groups is 2. The molecule has 0 spiro atoms. The van der Waals surface area contributed by atoms with Crippen LogP contribution >= 0.6 is 23.5 Å². The first-order valence-corrected chi connectivity index (χ1v) is 18.7. The number of hydrogen-bond acceptors (Lipinski definition) is 8. The molecule has 50 heavy (non-hydrogen) atoms. The molecule has 0 saturated heterocycles. The highest BCUT2D eigenvalue weighted by Crippen LogP contribution is 2.45. The molecular formula is C38H38N2O8S2. The lowest BCUT2D eigenvalue weighted by molar-refractivity contribution is -0.139. The van der Waals surface area contributed by atoms with Crippen molar-refractivity contribution in [1.82, 2.24) is 10.6 Å². The molecule has 4 N–H and O–H groups in total. The van der Waals surface area contributed by atoms with Gasteiger partial charge in [0.2, 0.25) is 0 Å². The minimum Gasteiger partial charge on any atom is -0.480 e. The number of fused-ring (bicyclic) bond motifs is 6. The van der Waals surface area contributed by atoms with Gasteiger partial charge in [-0.05, 0) is 57.0 Å². The van der Waals surface area contributed by atoms with Gasteiger partial charge in [-0.25, -0.2) is 19.2 Å². The number of carbonyl (C=O) groups is 4. The Balaban J connectivity index is 0.000000194. The molecule has 6 rings (SSSR count). The molecule has 2 aliphatic carbocycles. The molecule has 0 bridgehead atoms. The van der Waals surface area contributed by atoms with Crippen molar-refractivity contribution in [3.8, 4) is 22.3 Å². The molecule has 0 unspecified atom stereocenters. The predicted molar refractivity (Wildman–Crippen MR) is 196 cm³/mol. The Hall–Kier alpha value is -4.94. The van der Waals surface area contributed by atoms with Gasteiger partial charge < -0.3 is 30.3 Å². The molecule has 4 aromatic carbocycles. The summed E-state index contributed by atoms with van der Waals surface area (Å²) in [5.74, 6) is -1.63. The molecule has 12 heteroatoms. The number of benzene rings is 4. The zero-order valence-corrected chi connectivity index (χ0v) is 29.2. The number of rotatable bonds is 12. The summed E-state index contributed by atoms with van der Waals surface area (Å²) >= 11 is 2.71. The van der Waals surface area contributed by atoms with Gasteiger partial charge in [-0.15, -0.1) is 0 Å². The molecule has 2 aliphatic rings. The van der Waals surface area contributed by atoms with Crippen LogP contribution in [0, 0.1) is 0 Å². The van der Waals surface area contributed by atoms with Gasteiger partial charge in [0.1, 0.15) is 25.3 Å². The number of ether oxygens (including phenoxy) is 2. The van der Waals surface area contributed by atoms with Gasteiger partial charge in [0.25, 0.3) is 0 Å². The molecule has 4 aromatic rings. The fourth-order valence-electron chi connectivity index (χ4n) is 6.25. The molecule has 0 saturated carbocycles. The van der Waals surface area contributed by atoms with Crippen molar-refractivity contribution < 1.29 is 38.9 Å². The third-order valence-corrected chi connectivity index (χ3v) is 9.87. The van der Waals surface area contributed by atoms with Gasteiger partial charge in [0.05, 0.1) is 0 Å². The number of carbonyl (C=O) groups excluding carboxylic acids is 2. The van der Waals surface area contributed by atoms with Crippen LogP contribution in [0.25, 0.3) is 22.3 Å². The minimum absolute atomic E-state index is 0.0398. The maximum Gasteiger partial charge on any atom is 0.407 e. The summed E-state index contributed by atoms with van der Waals surface area (Å²) < 4.78 is 10.7. The third-order valence-electron chi connectivity index (χ3n) is 8.53. The van der Waals surface area contributed by atoms with E-state index in [1.165, 1.54) is 23.5 Å². The van der Waals surface area contributed by atoms with Crippen LogP contribution in [0.2, 0.25) is 0 Å². The zero-order chi connectivity index (χ0) is 35.6. The van der Waals surface area contributed by atoms with Crippen LogP contribution in [0.4, 0.5) is 9.59 Å². The molecule has 0 heterocycles. The number of hydrogen-bond donors (Lipinski definition) is 4. The summed E-state index contributed by atoms with van der Waals surface area (Å²) in [5, 5.41) is 23.0. The summed E-state index contributed by atoms with van der Waals surface area (Å²) in [6.45, 7) is 0.344. The summed E-state index contributed by atoms with van der Waals surface area (Å²) in [7, 11) is 0. The van der Waals surface area contributed by atoms with Crippen molar-refractivity contribution in [3.05, 3.63) is 119 Å². The Morgan fingerprint density at radius 1 is 0.560 bits per heavy atom. The Labute approximate surface area is 299 Å². The summed E-state index contributed by atoms with van der Waals surface area (Å²) in [6.07, 6.45) is 2.16. The highest BCUT2D eigenvalue weighted by Gasteiger charge is 2.31. The number of alkyl carbamates (subject to hydrolysis) is 2. The van der Waals surface area contributed by atoms with E-state index in [-0.39, 0.29) is 25.0 Å². The second kappa shape index (κ2) is 17.1. The predicted octanol–water partition coefficient (Wildman–Crippen LogP) is 6.68. The van der Waals surface area contributed by atoms with Gasteiger partial charge >= 0.3 is 24.1 Å². The SMILES string of the molecule is CSC[C@@H](NC(=O)OCC1c2ccccc2-c2ccccc21)C(=O)O.CSC[C@H](NC(=O)OCC1c2ccccc2-c2ccccc21)C(=O)O. The van der Waals surface area contributed by atoms with Crippen molar-refractivity contribution >= 4 is 47.6 Å². The van der Waals surface area contributed by atoms with E-state index in [1.54, 1.807) is 12.5 Å². The Kier molecular flexibility index (Phi) is 12.5. The Morgan fingerprint density at radius 3 is 1.10 bits per heavy atom. The van der Waals surface area contributed by atoms with Crippen LogP contribution in [0.15, 0.2) is 97.1 Å². The number of carboxylic acid groups (broad SMARTS) is 2. The van der Waals surface area contributed by atoms with Crippen molar-refractivity contribution in [2.75, 3.05) is 37.2 Å². The molecular weight excluding hydrogens is 677 g/mol. The number of aliphatic carboxylic acids is 2. The van der Waals surface area contributed by atoms with Crippen molar-refractivity contribution in [1.29, 1.82) is 0 Å². The number of amides is 2. The first-order valence-electron chi connectivity index (χ1n) is 15.9. The smallest absolute Gasteiger partial charge is 0.407 e. The molecule has 2 amide bonds. The van der Waals surface area contributed by atoms with Crippen molar-refractivity contribution in [2.45, 2.75) is 23.9 Å². The molecule has 0 aliphatic heterocycles. The van der Waals surface area contributed by atoms with Crippen LogP contribution in [-0.2, 0) is 19.1 Å². The van der Waals surface area contributed by atoms with E-state index in [4.69, 9.17) is 19.7 Å². The standard InChI is InChI=1S/2C19H19NO4S/c2*1-25-11-17(18(21)22)20-19(23)24-10-16-14-8-4-2-6-12(14)13-7-3-5-9-15(13)16/h2*2-9,16-17H,10-11H2,1H3,(H,20,23)(H,21,22)/t2*17-/m10/s1. The van der Waals surface area contributed by atoms with E-state index in [0.29, 0.717) is 11.5 Å². The second-order valence-corrected chi connectivity index (χ2v) is 13.5. The molecule has 0 fully saturated rings. The number of carboxylic acids is 2. The molecule has 260 valence electrons. The number of nitrogens with one attached hydrogen (secondary N) is 2. The highest BCUT2D eigenvalue weighted by atomic mass is 32.2. The summed E-state index contributed by atoms with van der Waals surface area (Å²) in [4.78, 5) is 46.3. The summed E-state index contributed by atoms with van der Waals surface area (Å²) in [6, 6.07) is 30.3. The van der Waals surface area contributed by atoms with Crippen LogP contribution in [0.1, 0.15) is 34.1 Å². The van der Waals surface area contributed by atoms with Crippen LogP contribution < -0.4 is 10.6 Å². The average molecular weight is 715 g/mol. The first kappa shape index (κ1) is 36.3. The minimum atomic E-state index is -1.07. The summed E-state index contributed by atoms with van der Waals surface area (Å²) in [5.41, 5.74) is 9.09. The van der Waals surface area contributed by atoms with Gasteiger partial charge in [0, 0.05) is 23.3 Å². The first-order chi connectivity index (χ1) is 24.2. The topological polar surface area (TPSA) is 151 Å². The molecule has 0 radical (unpaired) electrons. The molecule has 0 aromatic heterocycles. The van der Waals surface area contributed by atoms with Gasteiger partial charge in [-0.3, -0.25) is 0 Å². The fourth-order valence-corrected chi connectivity index (χ4v) is 7.37. The van der Waals surface area contributed by atoms with Gasteiger partial charge in [-0.2, -0.15) is 23.5 Å². The average Bonchev–Trinajstić information content (AvgIpc) is 3.62. The van der Waals surface area contributed by atoms with Crippen molar-refractivity contribution in [3.63, 3.8) is 0 Å². The van der Waals surface area contributed by atoms with E-state index in [1.807, 2.05) is 72.8 Å². The zero-order valence-electron chi connectivity index (χ0n) is 27.5. The van der Waals surface area contributed by atoms with E-state index in [2.05, 4.69) is 34.9 Å². The lowest BCUT2D eigenvalue weighted by Crippen LogP contribution is -2.43. The monoisotopic (exact) mass is 714 g/mol. The van der Waals surface area contributed by atoms with Crippen LogP contribution in [-0.4, -0.2) is 83.7 Å².